The molecule has 0 aromatic heterocycles. The molecule has 2 atom stereocenters. The number of hydrogen-bond donors (Lipinski definition) is 2. The van der Waals surface area contributed by atoms with Crippen LogP contribution < -0.4 is 20.1 Å². The van der Waals surface area contributed by atoms with E-state index < -0.39 is 23.4 Å². The summed E-state index contributed by atoms with van der Waals surface area (Å²) in [5, 5.41) is 7.60. The second kappa shape index (κ2) is 7.81. The Labute approximate surface area is 190 Å². The number of imide groups is 1. The monoisotopic (exact) mass is 445 g/mol. The Balaban J connectivity index is 1.30. The summed E-state index contributed by atoms with van der Waals surface area (Å²) in [5.74, 6) is 0.374. The van der Waals surface area contributed by atoms with Crippen molar-refractivity contribution in [1.82, 2.24) is 15.5 Å². The molecule has 5 rings (SSSR count). The predicted molar refractivity (Wildman–Crippen MR) is 121 cm³/mol. The molecule has 1 fully saturated rings. The Bertz CT molecular complexity index is 1290. The summed E-state index contributed by atoms with van der Waals surface area (Å²) >= 11 is 0. The first kappa shape index (κ1) is 20.8. The van der Waals surface area contributed by atoms with Gasteiger partial charge in [0.2, 0.25) is 12.7 Å². The highest BCUT2D eigenvalue weighted by atomic mass is 16.7. The number of carbonyl (C=O) groups excluding carboxylic acids is 3. The molecule has 0 aliphatic carbocycles. The third-order valence-electron chi connectivity index (χ3n) is 6.18. The van der Waals surface area contributed by atoms with Crippen LogP contribution in [0.2, 0.25) is 0 Å². The van der Waals surface area contributed by atoms with Crippen molar-refractivity contribution < 1.29 is 23.9 Å². The van der Waals surface area contributed by atoms with Gasteiger partial charge in [-0.05, 0) is 53.9 Å². The fraction of sp³-hybridized carbons (Fsp3) is 0.240. The van der Waals surface area contributed by atoms with Gasteiger partial charge in [-0.25, -0.2) is 4.79 Å². The Morgan fingerprint density at radius 1 is 1.06 bits per heavy atom. The van der Waals surface area contributed by atoms with Gasteiger partial charge in [0.15, 0.2) is 11.5 Å². The van der Waals surface area contributed by atoms with Gasteiger partial charge in [0, 0.05) is 0 Å². The largest absolute Gasteiger partial charge is 0.454 e. The fourth-order valence-electron chi connectivity index (χ4n) is 4.23. The van der Waals surface area contributed by atoms with Gasteiger partial charge in [0.05, 0.1) is 6.04 Å². The summed E-state index contributed by atoms with van der Waals surface area (Å²) < 4.78 is 10.7. The molecule has 0 spiro atoms. The Morgan fingerprint density at radius 3 is 2.64 bits per heavy atom. The average Bonchev–Trinajstić information content (AvgIpc) is 3.37. The lowest BCUT2D eigenvalue weighted by atomic mass is 9.90. The van der Waals surface area contributed by atoms with Gasteiger partial charge in [-0.2, -0.15) is 0 Å². The van der Waals surface area contributed by atoms with Crippen LogP contribution in [0.1, 0.15) is 31.0 Å². The van der Waals surface area contributed by atoms with Gasteiger partial charge in [0.25, 0.3) is 5.91 Å². The van der Waals surface area contributed by atoms with Crippen LogP contribution in [0.15, 0.2) is 60.7 Å². The van der Waals surface area contributed by atoms with E-state index in [4.69, 9.17) is 9.47 Å². The molecule has 0 radical (unpaired) electrons. The number of rotatable bonds is 5. The van der Waals surface area contributed by atoms with Crippen molar-refractivity contribution in [2.45, 2.75) is 25.4 Å². The van der Waals surface area contributed by atoms with Gasteiger partial charge in [0.1, 0.15) is 12.1 Å². The van der Waals surface area contributed by atoms with Crippen molar-refractivity contribution in [3.8, 4) is 11.5 Å². The molecule has 168 valence electrons. The summed E-state index contributed by atoms with van der Waals surface area (Å²) in [6.45, 7) is 3.27. The highest BCUT2D eigenvalue weighted by Crippen LogP contribution is 2.34. The Morgan fingerprint density at radius 2 is 1.82 bits per heavy atom. The normalized spacial score (nSPS) is 20.1. The van der Waals surface area contributed by atoms with Crippen molar-refractivity contribution >= 4 is 28.6 Å². The van der Waals surface area contributed by atoms with Crippen LogP contribution in [0.25, 0.3) is 10.8 Å². The van der Waals surface area contributed by atoms with E-state index in [1.54, 1.807) is 19.1 Å². The molecule has 2 aliphatic heterocycles. The van der Waals surface area contributed by atoms with Crippen molar-refractivity contribution in [2.24, 2.45) is 0 Å². The van der Waals surface area contributed by atoms with E-state index in [2.05, 4.69) is 10.6 Å². The number of benzene rings is 3. The number of carbonyl (C=O) groups is 3. The lowest BCUT2D eigenvalue weighted by molar-refractivity contribution is -0.135. The Kier molecular flexibility index (Phi) is 4.92. The van der Waals surface area contributed by atoms with Gasteiger partial charge in [-0.1, -0.05) is 42.5 Å². The lowest BCUT2D eigenvalue weighted by Gasteiger charge is -2.23. The van der Waals surface area contributed by atoms with Crippen LogP contribution in [-0.2, 0) is 15.1 Å². The first-order chi connectivity index (χ1) is 15.8. The second-order valence-electron chi connectivity index (χ2n) is 8.41. The molecule has 2 heterocycles. The van der Waals surface area contributed by atoms with Gasteiger partial charge < -0.3 is 20.1 Å². The summed E-state index contributed by atoms with van der Waals surface area (Å²) in [5.41, 5.74) is 0.242. The van der Waals surface area contributed by atoms with Gasteiger partial charge >= 0.3 is 6.03 Å². The number of nitrogens with zero attached hydrogens (tertiary/aromatic N) is 1. The molecule has 33 heavy (non-hydrogen) atoms. The maximum atomic E-state index is 13.2. The lowest BCUT2D eigenvalue weighted by Crippen LogP contribution is -2.43. The number of amides is 4. The fourth-order valence-corrected chi connectivity index (χ4v) is 4.23. The minimum atomic E-state index is -1.25. The minimum Gasteiger partial charge on any atom is -0.454 e. The molecule has 3 aromatic carbocycles. The summed E-state index contributed by atoms with van der Waals surface area (Å²) in [7, 11) is 0. The zero-order valence-electron chi connectivity index (χ0n) is 18.3. The molecular weight excluding hydrogens is 422 g/mol. The number of nitrogens with one attached hydrogen (secondary N) is 2. The van der Waals surface area contributed by atoms with E-state index in [0.29, 0.717) is 17.1 Å². The third-order valence-corrected chi connectivity index (χ3v) is 6.18. The quantitative estimate of drug-likeness (QED) is 0.588. The summed E-state index contributed by atoms with van der Waals surface area (Å²) in [6, 6.07) is 17.9. The first-order valence-corrected chi connectivity index (χ1v) is 10.7. The molecule has 8 nitrogen and oxygen atoms in total. The van der Waals surface area contributed by atoms with Crippen molar-refractivity contribution in [3.63, 3.8) is 0 Å². The maximum absolute atomic E-state index is 13.2. The van der Waals surface area contributed by atoms with E-state index in [1.165, 1.54) is 0 Å². The molecule has 2 unspecified atom stereocenters. The average molecular weight is 445 g/mol. The highest BCUT2D eigenvalue weighted by molar-refractivity contribution is 6.09. The van der Waals surface area contributed by atoms with E-state index in [-0.39, 0.29) is 19.4 Å². The molecule has 0 bridgehead atoms. The number of fused-ring (bicyclic) bond motifs is 2. The number of ether oxygens (including phenoxy) is 2. The molecule has 3 aromatic rings. The van der Waals surface area contributed by atoms with E-state index in [0.717, 1.165) is 21.2 Å². The van der Waals surface area contributed by atoms with Crippen LogP contribution >= 0.6 is 0 Å². The van der Waals surface area contributed by atoms with Gasteiger partial charge in [-0.3, -0.25) is 14.5 Å². The van der Waals surface area contributed by atoms with Crippen LogP contribution in [0.5, 0.6) is 11.5 Å². The van der Waals surface area contributed by atoms with Gasteiger partial charge in [-0.15, -0.1) is 0 Å². The molecule has 2 aliphatic rings. The van der Waals surface area contributed by atoms with Crippen LogP contribution in [0, 0.1) is 0 Å². The topological polar surface area (TPSA) is 97.0 Å². The van der Waals surface area contributed by atoms with Crippen molar-refractivity contribution in [2.75, 3.05) is 13.3 Å². The maximum Gasteiger partial charge on any atom is 0.325 e. The SMILES string of the molecule is CC(NC(=O)CN1C(=O)NC(C)(c2ccc3ccccc3c2)C1=O)c1ccc2c(c1)OCO2. The predicted octanol–water partition coefficient (Wildman–Crippen LogP) is 3.21. The van der Waals surface area contributed by atoms with Crippen LogP contribution in [-0.4, -0.2) is 36.1 Å². The summed E-state index contributed by atoms with van der Waals surface area (Å²) in [4.78, 5) is 39.5. The second-order valence-corrected chi connectivity index (χ2v) is 8.41. The Hall–Kier alpha value is -4.07. The summed E-state index contributed by atoms with van der Waals surface area (Å²) in [6.07, 6.45) is 0. The van der Waals surface area contributed by atoms with Crippen LogP contribution in [0.4, 0.5) is 4.79 Å². The first-order valence-electron chi connectivity index (χ1n) is 10.7. The molecule has 4 amide bonds. The molecular formula is C25H23N3O5. The minimum absolute atomic E-state index is 0.168. The number of urea groups is 1. The smallest absolute Gasteiger partial charge is 0.325 e. The van der Waals surface area contributed by atoms with E-state index in [9.17, 15) is 14.4 Å². The van der Waals surface area contributed by atoms with E-state index in [1.807, 2.05) is 55.5 Å². The highest BCUT2D eigenvalue weighted by Gasteiger charge is 2.49. The number of hydrogen-bond acceptors (Lipinski definition) is 5. The standard InChI is InChI=1S/C25H23N3O5/c1-15(17-8-10-20-21(12-17)33-14-32-20)26-22(29)13-28-23(30)25(2,27-24(28)31)19-9-7-16-5-3-4-6-18(16)11-19/h3-12,15H,13-14H2,1-2H3,(H,26,29)(H,27,31). The van der Waals surface area contributed by atoms with E-state index >= 15 is 0 Å². The molecule has 8 heteroatoms. The molecule has 2 N–H and O–H groups in total. The molecule has 0 saturated carbocycles. The van der Waals surface area contributed by atoms with Crippen molar-refractivity contribution in [3.05, 3.63) is 71.8 Å². The zero-order valence-corrected chi connectivity index (χ0v) is 18.3. The van der Waals surface area contributed by atoms with Crippen molar-refractivity contribution in [1.29, 1.82) is 0 Å². The zero-order chi connectivity index (χ0) is 23.2. The molecule has 1 saturated heterocycles. The third kappa shape index (κ3) is 3.63. The van der Waals surface area contributed by atoms with Crippen LogP contribution in [0.3, 0.4) is 0 Å².